The number of benzene rings is 2. The molecule has 6 heteroatoms. The summed E-state index contributed by atoms with van der Waals surface area (Å²) in [4.78, 5) is 12.9. The number of hydrogen-bond acceptors (Lipinski definition) is 4. The van der Waals surface area contributed by atoms with Gasteiger partial charge in [0.05, 0.1) is 5.02 Å². The fourth-order valence-electron chi connectivity index (χ4n) is 6.56. The van der Waals surface area contributed by atoms with Gasteiger partial charge in [0, 0.05) is 17.6 Å². The second kappa shape index (κ2) is 16.0. The van der Waals surface area contributed by atoms with Crippen LogP contribution in [0.15, 0.2) is 47.4 Å². The van der Waals surface area contributed by atoms with Gasteiger partial charge < -0.3 is 15.0 Å². The van der Waals surface area contributed by atoms with Gasteiger partial charge >= 0.3 is 0 Å². The quantitative estimate of drug-likeness (QED) is 0.184. The Hall–Kier alpha value is -1.56. The molecular formula is C33H48ClFN2OS. The van der Waals surface area contributed by atoms with E-state index in [-0.39, 0.29) is 10.8 Å². The molecule has 1 saturated heterocycles. The summed E-state index contributed by atoms with van der Waals surface area (Å²) >= 11 is 7.36. The van der Waals surface area contributed by atoms with Gasteiger partial charge in [0.2, 0.25) is 0 Å². The molecule has 0 aromatic heterocycles. The van der Waals surface area contributed by atoms with Crippen molar-refractivity contribution in [2.45, 2.75) is 81.9 Å². The van der Waals surface area contributed by atoms with E-state index in [0.717, 1.165) is 29.7 Å². The Bertz CT molecular complexity index is 1030. The number of nitrogens with zero attached hydrogens (tertiary/aromatic N) is 1. The van der Waals surface area contributed by atoms with Crippen LogP contribution in [0, 0.1) is 23.6 Å². The molecule has 2 aromatic carbocycles. The van der Waals surface area contributed by atoms with E-state index in [1.54, 1.807) is 18.7 Å². The molecule has 5 rings (SSSR count). The van der Waals surface area contributed by atoms with Crippen LogP contribution in [0.1, 0.15) is 77.2 Å². The number of likely N-dealkylation sites (tertiary alicyclic amines) is 1. The van der Waals surface area contributed by atoms with Crippen LogP contribution in [0.2, 0.25) is 5.02 Å². The molecular weight excluding hydrogens is 527 g/mol. The molecule has 39 heavy (non-hydrogen) atoms. The fourth-order valence-corrected chi connectivity index (χ4v) is 7.20. The van der Waals surface area contributed by atoms with Gasteiger partial charge in [-0.25, -0.2) is 4.39 Å². The maximum Gasteiger partial charge on any atom is 0.141 e. The minimum Gasteiger partial charge on any atom is -0.388 e. The molecule has 0 radical (unpaired) electrons. The van der Waals surface area contributed by atoms with E-state index in [9.17, 15) is 4.39 Å². The van der Waals surface area contributed by atoms with Gasteiger partial charge in [-0.15, -0.1) is 11.8 Å². The zero-order valence-electron chi connectivity index (χ0n) is 24.4. The maximum atomic E-state index is 12.5. The van der Waals surface area contributed by atoms with E-state index in [1.807, 2.05) is 11.8 Å². The molecule has 0 bridgehead atoms. The average Bonchev–Trinajstić information content (AvgIpc) is 3.48. The molecule has 2 saturated carbocycles. The Balaban J connectivity index is 0.000000270. The number of unbranched alkanes of at least 4 members (excludes halogenated alkanes) is 1. The summed E-state index contributed by atoms with van der Waals surface area (Å²) in [6.45, 7) is 8.07. The summed E-state index contributed by atoms with van der Waals surface area (Å²) in [6, 6.07) is 13.9. The standard InChI is InChI=1S/C24H37NS.C7H7ClFN.C2H4O/c1-19(8-3-4-13-25-14-5-6-15-25)20-11-12-24(18-22(24)16-20)21-9-7-10-23(17-21)26-2;1-10-5-2-3-7(9)6(8)4-5;1-2-3/h7,9-10,17,19-20,22H,3-6,8,11-16,18H2,1-2H3;2-4,10H,1H3;2H,1H3/t19?,20?,22?,24-;;/m1../s1. The molecule has 3 fully saturated rings. The van der Waals surface area contributed by atoms with Crippen LogP contribution in [-0.4, -0.2) is 44.1 Å². The Morgan fingerprint density at radius 1 is 1.21 bits per heavy atom. The first-order valence-electron chi connectivity index (χ1n) is 14.8. The first-order chi connectivity index (χ1) is 18.9. The van der Waals surface area contributed by atoms with Gasteiger partial charge in [-0.05, 0) is 137 Å². The van der Waals surface area contributed by atoms with E-state index in [0.29, 0.717) is 5.41 Å². The number of halogens is 2. The number of fused-ring (bicyclic) bond motifs is 1. The van der Waals surface area contributed by atoms with Gasteiger partial charge in [0.1, 0.15) is 12.1 Å². The normalized spacial score (nSPS) is 24.4. The van der Waals surface area contributed by atoms with Crippen molar-refractivity contribution in [3.05, 3.63) is 58.9 Å². The first-order valence-corrected chi connectivity index (χ1v) is 16.4. The number of nitrogens with one attached hydrogen (secondary N) is 1. The number of carbonyl (C=O) groups excluding carboxylic acids is 1. The number of aldehydes is 1. The Labute approximate surface area is 245 Å². The van der Waals surface area contributed by atoms with Crippen molar-refractivity contribution >= 4 is 35.3 Å². The third-order valence-corrected chi connectivity index (χ3v) is 10.0. The predicted molar refractivity (Wildman–Crippen MR) is 167 cm³/mol. The summed E-state index contributed by atoms with van der Waals surface area (Å²) < 4.78 is 12.5. The maximum absolute atomic E-state index is 12.5. The molecule has 0 spiro atoms. The minimum atomic E-state index is -0.388. The van der Waals surface area contributed by atoms with Crippen LogP contribution in [-0.2, 0) is 10.2 Å². The average molecular weight is 575 g/mol. The van der Waals surface area contributed by atoms with Crippen LogP contribution in [0.4, 0.5) is 10.1 Å². The SMILES string of the molecule is CC=O.CNc1ccc(F)c(Cl)c1.CSc1cccc([C@]23CCC(C(C)CCCCN4CCCC4)CC2C3)c1. The van der Waals surface area contributed by atoms with Crippen LogP contribution in [0.3, 0.4) is 0 Å². The highest BCUT2D eigenvalue weighted by atomic mass is 35.5. The van der Waals surface area contributed by atoms with E-state index in [2.05, 4.69) is 47.7 Å². The van der Waals surface area contributed by atoms with Crippen molar-refractivity contribution in [1.82, 2.24) is 4.90 Å². The first kappa shape index (κ1) is 32.0. The van der Waals surface area contributed by atoms with Crippen LogP contribution in [0.5, 0.6) is 0 Å². The minimum absolute atomic E-state index is 0.145. The smallest absolute Gasteiger partial charge is 0.141 e. The van der Waals surface area contributed by atoms with Gasteiger partial charge in [0.25, 0.3) is 0 Å². The van der Waals surface area contributed by atoms with Crippen molar-refractivity contribution in [3.8, 4) is 0 Å². The predicted octanol–water partition coefficient (Wildman–Crippen LogP) is 9.09. The number of hydrogen-bond donors (Lipinski definition) is 1. The molecule has 2 aliphatic carbocycles. The molecule has 0 amide bonds. The molecule has 1 heterocycles. The Morgan fingerprint density at radius 3 is 2.59 bits per heavy atom. The number of rotatable bonds is 9. The summed E-state index contributed by atoms with van der Waals surface area (Å²) in [5, 5.41) is 2.99. The van der Waals surface area contributed by atoms with Gasteiger partial charge in [0.15, 0.2) is 0 Å². The molecule has 216 valence electrons. The second-order valence-electron chi connectivity index (χ2n) is 11.5. The van der Waals surface area contributed by atoms with Gasteiger partial charge in [-0.1, -0.05) is 43.5 Å². The summed E-state index contributed by atoms with van der Waals surface area (Å²) in [7, 11) is 1.75. The third-order valence-electron chi connectivity index (χ3n) is 9.02. The van der Waals surface area contributed by atoms with E-state index >= 15 is 0 Å². The fraction of sp³-hybridized carbons (Fsp3) is 0.606. The second-order valence-corrected chi connectivity index (χ2v) is 12.7. The Kier molecular flexibility index (Phi) is 13.1. The summed E-state index contributed by atoms with van der Waals surface area (Å²) in [5.41, 5.74) is 3.02. The van der Waals surface area contributed by atoms with Crippen molar-refractivity contribution in [2.75, 3.05) is 38.3 Å². The van der Waals surface area contributed by atoms with Crippen LogP contribution < -0.4 is 5.32 Å². The van der Waals surface area contributed by atoms with Crippen LogP contribution in [0.25, 0.3) is 0 Å². The lowest BCUT2D eigenvalue weighted by Crippen LogP contribution is -2.24. The van der Waals surface area contributed by atoms with Crippen molar-refractivity contribution < 1.29 is 9.18 Å². The largest absolute Gasteiger partial charge is 0.388 e. The highest BCUT2D eigenvalue weighted by Crippen LogP contribution is 2.64. The lowest BCUT2D eigenvalue weighted by molar-refractivity contribution is -0.106. The highest BCUT2D eigenvalue weighted by molar-refractivity contribution is 7.98. The number of carbonyl (C=O) groups is 1. The number of anilines is 1. The van der Waals surface area contributed by atoms with Gasteiger partial charge in [-0.2, -0.15) is 0 Å². The van der Waals surface area contributed by atoms with E-state index in [4.69, 9.17) is 16.4 Å². The lowest BCUT2D eigenvalue weighted by Gasteiger charge is -2.32. The zero-order chi connectivity index (χ0) is 28.3. The van der Waals surface area contributed by atoms with Crippen molar-refractivity contribution in [3.63, 3.8) is 0 Å². The Morgan fingerprint density at radius 2 is 1.95 bits per heavy atom. The van der Waals surface area contributed by atoms with E-state index in [1.165, 1.54) is 101 Å². The van der Waals surface area contributed by atoms with E-state index < -0.39 is 0 Å². The van der Waals surface area contributed by atoms with Crippen molar-refractivity contribution in [2.24, 2.45) is 17.8 Å². The number of thioether (sulfide) groups is 1. The van der Waals surface area contributed by atoms with Crippen molar-refractivity contribution in [1.29, 1.82) is 0 Å². The molecule has 3 aliphatic rings. The molecule has 3 nitrogen and oxygen atoms in total. The monoisotopic (exact) mass is 574 g/mol. The molecule has 1 aliphatic heterocycles. The lowest BCUT2D eigenvalue weighted by atomic mass is 9.73. The summed E-state index contributed by atoms with van der Waals surface area (Å²) in [6.07, 6.45) is 16.0. The van der Waals surface area contributed by atoms with Crippen LogP contribution >= 0.6 is 23.4 Å². The molecule has 3 unspecified atom stereocenters. The highest BCUT2D eigenvalue weighted by Gasteiger charge is 2.57. The molecule has 1 N–H and O–H groups in total. The third kappa shape index (κ3) is 9.23. The topological polar surface area (TPSA) is 32.3 Å². The van der Waals surface area contributed by atoms with Gasteiger partial charge in [-0.3, -0.25) is 0 Å². The zero-order valence-corrected chi connectivity index (χ0v) is 25.9. The molecule has 2 aromatic rings. The summed E-state index contributed by atoms with van der Waals surface area (Å²) in [5.74, 6) is 2.52. The molecule has 4 atom stereocenters.